The highest BCUT2D eigenvalue weighted by atomic mass is 35.5. The van der Waals surface area contributed by atoms with Crippen molar-refractivity contribution in [2.75, 3.05) is 12.4 Å². The number of halogens is 1. The van der Waals surface area contributed by atoms with E-state index in [4.69, 9.17) is 16.3 Å². The number of nitrogens with one attached hydrogen (secondary N) is 1. The molecule has 0 bridgehead atoms. The van der Waals surface area contributed by atoms with Crippen LogP contribution in [-0.4, -0.2) is 22.2 Å². The second kappa shape index (κ2) is 7.29. The fourth-order valence-electron chi connectivity index (χ4n) is 2.35. The summed E-state index contributed by atoms with van der Waals surface area (Å²) < 4.78 is 5.38. The average molecular weight is 342 g/mol. The number of rotatable bonds is 5. The summed E-state index contributed by atoms with van der Waals surface area (Å²) in [6.07, 6.45) is 1.49. The normalized spacial score (nSPS) is 10.5. The molecule has 0 atom stereocenters. The number of aliphatic hydroxyl groups is 1. The van der Waals surface area contributed by atoms with E-state index in [1.54, 1.807) is 19.2 Å². The maximum Gasteiger partial charge on any atom is 0.134 e. The van der Waals surface area contributed by atoms with Gasteiger partial charge in [-0.2, -0.15) is 0 Å². The molecule has 5 nitrogen and oxygen atoms in total. The second-order valence-electron chi connectivity index (χ2n) is 5.08. The van der Waals surface area contributed by atoms with Crippen LogP contribution in [0.4, 0.5) is 11.5 Å². The number of hydrogen-bond donors (Lipinski definition) is 2. The molecule has 3 rings (SSSR count). The molecule has 2 N–H and O–H groups in total. The predicted octanol–water partition coefficient (Wildman–Crippen LogP) is 4.04. The van der Waals surface area contributed by atoms with Crippen molar-refractivity contribution in [3.05, 3.63) is 65.4 Å². The third-order valence-corrected chi connectivity index (χ3v) is 3.91. The summed E-state index contributed by atoms with van der Waals surface area (Å²) in [6, 6.07) is 14.9. The zero-order valence-corrected chi connectivity index (χ0v) is 13.8. The van der Waals surface area contributed by atoms with Crippen LogP contribution in [0.25, 0.3) is 11.3 Å². The molecule has 0 amide bonds. The van der Waals surface area contributed by atoms with Crippen LogP contribution in [0, 0.1) is 0 Å². The average Bonchev–Trinajstić information content (AvgIpc) is 2.63. The van der Waals surface area contributed by atoms with Gasteiger partial charge in [-0.25, -0.2) is 9.97 Å². The molecule has 0 unspecified atom stereocenters. The number of methoxy groups -OCH3 is 1. The van der Waals surface area contributed by atoms with Gasteiger partial charge in [0.15, 0.2) is 0 Å². The number of anilines is 2. The van der Waals surface area contributed by atoms with Crippen LogP contribution >= 0.6 is 11.6 Å². The zero-order valence-electron chi connectivity index (χ0n) is 13.0. The van der Waals surface area contributed by atoms with Crippen LogP contribution in [0.5, 0.6) is 5.75 Å². The Morgan fingerprint density at radius 3 is 2.75 bits per heavy atom. The number of aromatic nitrogens is 2. The van der Waals surface area contributed by atoms with Gasteiger partial charge in [0.25, 0.3) is 0 Å². The highest BCUT2D eigenvalue weighted by Crippen LogP contribution is 2.29. The highest BCUT2D eigenvalue weighted by Gasteiger charge is 2.08. The Morgan fingerprint density at radius 1 is 1.12 bits per heavy atom. The van der Waals surface area contributed by atoms with E-state index in [9.17, 15) is 5.11 Å². The summed E-state index contributed by atoms with van der Waals surface area (Å²) in [5.41, 5.74) is 3.08. The molecule has 1 heterocycles. The van der Waals surface area contributed by atoms with Gasteiger partial charge in [-0.3, -0.25) is 0 Å². The van der Waals surface area contributed by atoms with Gasteiger partial charge in [0.2, 0.25) is 0 Å². The summed E-state index contributed by atoms with van der Waals surface area (Å²) in [5.74, 6) is 1.38. The Bertz CT molecular complexity index is 855. The Labute approximate surface area is 144 Å². The van der Waals surface area contributed by atoms with Gasteiger partial charge in [0.05, 0.1) is 19.4 Å². The van der Waals surface area contributed by atoms with E-state index >= 15 is 0 Å². The smallest absolute Gasteiger partial charge is 0.134 e. The molecule has 0 radical (unpaired) electrons. The minimum absolute atomic E-state index is 0.120. The summed E-state index contributed by atoms with van der Waals surface area (Å²) in [6.45, 7) is -0.120. The van der Waals surface area contributed by atoms with Crippen molar-refractivity contribution in [3.8, 4) is 17.0 Å². The minimum Gasteiger partial charge on any atom is -0.496 e. The van der Waals surface area contributed by atoms with E-state index in [2.05, 4.69) is 15.3 Å². The van der Waals surface area contributed by atoms with Crippen LogP contribution < -0.4 is 10.1 Å². The van der Waals surface area contributed by atoms with Crippen LogP contribution in [0.2, 0.25) is 5.02 Å². The summed E-state index contributed by atoms with van der Waals surface area (Å²) >= 11 is 6.01. The van der Waals surface area contributed by atoms with E-state index in [0.29, 0.717) is 16.4 Å². The summed E-state index contributed by atoms with van der Waals surface area (Å²) in [4.78, 5) is 8.55. The molecule has 2 aromatic carbocycles. The number of para-hydroxylation sites is 1. The first-order valence-electron chi connectivity index (χ1n) is 7.33. The van der Waals surface area contributed by atoms with E-state index in [0.717, 1.165) is 22.7 Å². The molecule has 1 aromatic heterocycles. The van der Waals surface area contributed by atoms with Crippen molar-refractivity contribution in [1.82, 2.24) is 9.97 Å². The molecule has 0 saturated heterocycles. The van der Waals surface area contributed by atoms with Gasteiger partial charge in [-0.15, -0.1) is 0 Å². The third-order valence-electron chi connectivity index (χ3n) is 3.54. The van der Waals surface area contributed by atoms with E-state index < -0.39 is 0 Å². The zero-order chi connectivity index (χ0) is 16.9. The first kappa shape index (κ1) is 16.2. The van der Waals surface area contributed by atoms with Crippen molar-refractivity contribution in [2.24, 2.45) is 0 Å². The van der Waals surface area contributed by atoms with Gasteiger partial charge in [0, 0.05) is 22.3 Å². The van der Waals surface area contributed by atoms with Crippen LogP contribution in [0.1, 0.15) is 5.56 Å². The minimum atomic E-state index is -0.120. The van der Waals surface area contributed by atoms with Gasteiger partial charge < -0.3 is 15.2 Å². The lowest BCUT2D eigenvalue weighted by Crippen LogP contribution is -1.97. The van der Waals surface area contributed by atoms with Crippen molar-refractivity contribution in [2.45, 2.75) is 6.61 Å². The maximum atomic E-state index is 9.31. The van der Waals surface area contributed by atoms with Crippen LogP contribution in [0.15, 0.2) is 54.9 Å². The molecule has 0 aliphatic rings. The van der Waals surface area contributed by atoms with Gasteiger partial charge in [-0.05, 0) is 35.9 Å². The van der Waals surface area contributed by atoms with E-state index in [1.807, 2.05) is 36.4 Å². The Balaban J connectivity index is 1.91. The van der Waals surface area contributed by atoms with Crippen molar-refractivity contribution >= 4 is 23.1 Å². The largest absolute Gasteiger partial charge is 0.496 e. The Morgan fingerprint density at radius 2 is 1.96 bits per heavy atom. The molecule has 0 aliphatic carbocycles. The first-order chi connectivity index (χ1) is 11.7. The van der Waals surface area contributed by atoms with E-state index in [1.165, 1.54) is 6.33 Å². The fraction of sp³-hybridized carbons (Fsp3) is 0.111. The lowest BCUT2D eigenvalue weighted by atomic mass is 10.1. The highest BCUT2D eigenvalue weighted by molar-refractivity contribution is 6.31. The Kier molecular flexibility index (Phi) is 4.93. The van der Waals surface area contributed by atoms with Gasteiger partial charge >= 0.3 is 0 Å². The van der Waals surface area contributed by atoms with Crippen LogP contribution in [0.3, 0.4) is 0 Å². The number of benzene rings is 2. The number of aliphatic hydroxyl groups excluding tert-OH is 1. The molecule has 0 spiro atoms. The molecule has 0 fully saturated rings. The number of hydrogen-bond acceptors (Lipinski definition) is 5. The second-order valence-corrected chi connectivity index (χ2v) is 5.49. The molecule has 0 aliphatic heterocycles. The predicted molar refractivity (Wildman–Crippen MR) is 94.7 cm³/mol. The molecular weight excluding hydrogens is 326 g/mol. The fourth-order valence-corrected chi connectivity index (χ4v) is 2.53. The van der Waals surface area contributed by atoms with Crippen LogP contribution in [-0.2, 0) is 6.61 Å². The molecule has 24 heavy (non-hydrogen) atoms. The van der Waals surface area contributed by atoms with Gasteiger partial charge in [-0.1, -0.05) is 23.7 Å². The quantitative estimate of drug-likeness (QED) is 0.733. The lowest BCUT2D eigenvalue weighted by molar-refractivity contribution is 0.282. The first-order valence-corrected chi connectivity index (χ1v) is 7.71. The Hall–Kier alpha value is -2.63. The maximum absolute atomic E-state index is 9.31. The van der Waals surface area contributed by atoms with Gasteiger partial charge in [0.1, 0.15) is 17.9 Å². The van der Waals surface area contributed by atoms with Crippen molar-refractivity contribution in [3.63, 3.8) is 0 Å². The third kappa shape index (κ3) is 3.48. The molecule has 0 saturated carbocycles. The standard InChI is InChI=1S/C18H16ClN3O2/c1-24-17-5-3-2-4-14(17)16-9-18(21-11-20-16)22-13-6-7-15(19)12(8-13)10-23/h2-9,11,23H,10H2,1H3,(H,20,21,22). The van der Waals surface area contributed by atoms with Crippen molar-refractivity contribution in [1.29, 1.82) is 0 Å². The topological polar surface area (TPSA) is 67.3 Å². The van der Waals surface area contributed by atoms with Crippen molar-refractivity contribution < 1.29 is 9.84 Å². The monoisotopic (exact) mass is 341 g/mol. The SMILES string of the molecule is COc1ccccc1-c1cc(Nc2ccc(Cl)c(CO)c2)ncn1. The number of nitrogens with zero attached hydrogens (tertiary/aromatic N) is 2. The number of ether oxygens (including phenoxy) is 1. The summed E-state index contributed by atoms with van der Waals surface area (Å²) in [5, 5.41) is 13.0. The van der Waals surface area contributed by atoms with E-state index in [-0.39, 0.29) is 6.61 Å². The molecular formula is C18H16ClN3O2. The molecule has 122 valence electrons. The molecule has 6 heteroatoms. The summed E-state index contributed by atoms with van der Waals surface area (Å²) in [7, 11) is 1.63. The molecule has 3 aromatic rings. The lowest BCUT2D eigenvalue weighted by Gasteiger charge is -2.10.